The Morgan fingerprint density at radius 2 is 0.929 bits per heavy atom. The molecule has 0 aromatic carbocycles. The van der Waals surface area contributed by atoms with Crippen LogP contribution < -0.4 is 0 Å². The Kier molecular flexibility index (Phi) is 9.79. The molecule has 0 bridgehead atoms. The topological polar surface area (TPSA) is 169 Å². The zero-order valence-corrected chi connectivity index (χ0v) is 7.30. The molecule has 0 fully saturated rings. The van der Waals surface area contributed by atoms with Crippen LogP contribution in [0, 0.1) is 10.8 Å². The molecular formula is C6H14N2O6. The third kappa shape index (κ3) is 5.03. The highest BCUT2D eigenvalue weighted by atomic mass is 16.4. The van der Waals surface area contributed by atoms with E-state index < -0.39 is 37.6 Å². The van der Waals surface area contributed by atoms with Crippen LogP contribution in [0.15, 0.2) is 0 Å². The van der Waals surface area contributed by atoms with Crippen LogP contribution in [0.3, 0.4) is 0 Å². The van der Waals surface area contributed by atoms with Crippen molar-refractivity contribution >= 4 is 0 Å². The molecule has 84 valence electrons. The lowest BCUT2D eigenvalue weighted by Gasteiger charge is -2.24. The van der Waals surface area contributed by atoms with Crippen molar-refractivity contribution in [3.05, 3.63) is 0 Å². The lowest BCUT2D eigenvalue weighted by molar-refractivity contribution is -0.123. The summed E-state index contributed by atoms with van der Waals surface area (Å²) in [5.41, 5.74) is 0. The molecule has 8 heteroatoms. The number of hydrogen-bond donors (Lipinski definition) is 6. The van der Waals surface area contributed by atoms with Crippen molar-refractivity contribution in [2.24, 2.45) is 0 Å². The average Bonchev–Trinajstić information content (AvgIpc) is 2.27. The SMILES string of the molecule is N#N.OC[C@@H](O)[C@@H](O)[C@H](O)[C@H](O)CO. The normalized spacial score (nSPS) is 18.6. The van der Waals surface area contributed by atoms with Crippen molar-refractivity contribution in [3.8, 4) is 0 Å². The van der Waals surface area contributed by atoms with Crippen LogP contribution in [-0.4, -0.2) is 68.3 Å². The summed E-state index contributed by atoms with van der Waals surface area (Å²) in [6.07, 6.45) is -6.39. The summed E-state index contributed by atoms with van der Waals surface area (Å²) < 4.78 is 0. The van der Waals surface area contributed by atoms with Crippen LogP contribution in [0.1, 0.15) is 0 Å². The largest absolute Gasteiger partial charge is 0.394 e. The maximum atomic E-state index is 8.96. The Hall–Kier alpha value is -0.820. The van der Waals surface area contributed by atoms with Crippen LogP contribution in [0.25, 0.3) is 0 Å². The summed E-state index contributed by atoms with van der Waals surface area (Å²) in [6.45, 7) is -1.45. The van der Waals surface area contributed by atoms with Gasteiger partial charge in [0.2, 0.25) is 0 Å². The second-order valence-corrected chi connectivity index (χ2v) is 2.48. The number of nitrogens with zero attached hydrogens (tertiary/aromatic N) is 2. The maximum absolute atomic E-state index is 8.96. The van der Waals surface area contributed by atoms with Gasteiger partial charge in [0.1, 0.15) is 24.4 Å². The molecule has 6 N–H and O–H groups in total. The molecule has 0 aliphatic heterocycles. The molecule has 0 rings (SSSR count). The number of rotatable bonds is 5. The van der Waals surface area contributed by atoms with Crippen LogP contribution in [0.2, 0.25) is 0 Å². The van der Waals surface area contributed by atoms with Gasteiger partial charge in [-0.2, -0.15) is 0 Å². The molecule has 0 heterocycles. The monoisotopic (exact) mass is 210 g/mol. The van der Waals surface area contributed by atoms with Gasteiger partial charge in [-0.25, -0.2) is 0 Å². The van der Waals surface area contributed by atoms with E-state index in [0.29, 0.717) is 0 Å². The first-order valence-corrected chi connectivity index (χ1v) is 3.68. The van der Waals surface area contributed by atoms with Crippen molar-refractivity contribution in [1.82, 2.24) is 0 Å². The van der Waals surface area contributed by atoms with Crippen molar-refractivity contribution in [1.29, 1.82) is 10.8 Å². The third-order valence-electron chi connectivity index (χ3n) is 1.51. The van der Waals surface area contributed by atoms with Crippen LogP contribution in [0.5, 0.6) is 0 Å². The first-order valence-electron chi connectivity index (χ1n) is 3.68. The second-order valence-electron chi connectivity index (χ2n) is 2.48. The summed E-state index contributed by atoms with van der Waals surface area (Å²) in [5, 5.41) is 64.2. The molecule has 0 aliphatic carbocycles. The second kappa shape index (κ2) is 8.76. The summed E-state index contributed by atoms with van der Waals surface area (Å²) in [7, 11) is 0. The predicted molar refractivity (Wildman–Crippen MR) is 41.6 cm³/mol. The molecule has 14 heavy (non-hydrogen) atoms. The number of hydrogen-bond acceptors (Lipinski definition) is 8. The van der Waals surface area contributed by atoms with Crippen molar-refractivity contribution in [3.63, 3.8) is 0 Å². The van der Waals surface area contributed by atoms with E-state index in [1.165, 1.54) is 0 Å². The van der Waals surface area contributed by atoms with E-state index in [4.69, 9.17) is 41.4 Å². The van der Waals surface area contributed by atoms with E-state index in [2.05, 4.69) is 0 Å². The quantitative estimate of drug-likeness (QED) is 0.253. The highest BCUT2D eigenvalue weighted by Crippen LogP contribution is 2.03. The third-order valence-corrected chi connectivity index (χ3v) is 1.51. The van der Waals surface area contributed by atoms with Gasteiger partial charge in [0.15, 0.2) is 0 Å². The Labute approximate surface area is 80.1 Å². The lowest BCUT2D eigenvalue weighted by Crippen LogP contribution is -2.46. The first-order chi connectivity index (χ1) is 6.54. The van der Waals surface area contributed by atoms with E-state index in [1.54, 1.807) is 0 Å². The molecule has 0 saturated carbocycles. The van der Waals surface area contributed by atoms with E-state index >= 15 is 0 Å². The number of aliphatic hydroxyl groups is 6. The van der Waals surface area contributed by atoms with Crippen LogP contribution >= 0.6 is 0 Å². The van der Waals surface area contributed by atoms with E-state index in [1.807, 2.05) is 0 Å². The van der Waals surface area contributed by atoms with Gasteiger partial charge in [0.05, 0.1) is 13.2 Å². The minimum absolute atomic E-state index is 0.726. The number of aliphatic hydroxyl groups excluding tert-OH is 6. The van der Waals surface area contributed by atoms with Crippen LogP contribution in [-0.2, 0) is 0 Å². The van der Waals surface area contributed by atoms with Gasteiger partial charge >= 0.3 is 0 Å². The Morgan fingerprint density at radius 1 is 0.714 bits per heavy atom. The van der Waals surface area contributed by atoms with Gasteiger partial charge in [0, 0.05) is 10.8 Å². The fourth-order valence-corrected chi connectivity index (χ4v) is 0.671. The Bertz CT molecular complexity index is 141. The fourth-order valence-electron chi connectivity index (χ4n) is 0.671. The summed E-state index contributed by atoms with van der Waals surface area (Å²) in [6, 6.07) is 0. The average molecular weight is 210 g/mol. The van der Waals surface area contributed by atoms with Gasteiger partial charge in [-0.05, 0) is 0 Å². The minimum atomic E-state index is -1.67. The van der Waals surface area contributed by atoms with E-state index in [0.717, 1.165) is 0 Å². The smallest absolute Gasteiger partial charge is 0.111 e. The predicted octanol–water partition coefficient (Wildman–Crippen LogP) is -3.56. The zero-order chi connectivity index (χ0) is 11.7. The summed E-state index contributed by atoms with van der Waals surface area (Å²) in [5.74, 6) is 0. The first kappa shape index (κ1) is 15.6. The highest BCUT2D eigenvalue weighted by Gasteiger charge is 2.29. The molecular weight excluding hydrogens is 196 g/mol. The molecule has 4 atom stereocenters. The van der Waals surface area contributed by atoms with Crippen molar-refractivity contribution in [2.75, 3.05) is 13.2 Å². The minimum Gasteiger partial charge on any atom is -0.394 e. The molecule has 8 nitrogen and oxygen atoms in total. The van der Waals surface area contributed by atoms with Gasteiger partial charge in [0.25, 0.3) is 0 Å². The molecule has 0 unspecified atom stereocenters. The maximum Gasteiger partial charge on any atom is 0.111 e. The molecule has 0 spiro atoms. The zero-order valence-electron chi connectivity index (χ0n) is 7.30. The molecule has 0 amide bonds. The van der Waals surface area contributed by atoms with Crippen molar-refractivity contribution in [2.45, 2.75) is 24.4 Å². The van der Waals surface area contributed by atoms with Crippen LogP contribution in [0.4, 0.5) is 0 Å². The molecule has 0 aromatic heterocycles. The van der Waals surface area contributed by atoms with Crippen molar-refractivity contribution < 1.29 is 30.6 Å². The molecule has 0 radical (unpaired) electrons. The highest BCUT2D eigenvalue weighted by molar-refractivity contribution is 4.79. The van der Waals surface area contributed by atoms with E-state index in [9.17, 15) is 0 Å². The Morgan fingerprint density at radius 3 is 1.07 bits per heavy atom. The lowest BCUT2D eigenvalue weighted by atomic mass is 10.0. The Balaban J connectivity index is 0. The summed E-state index contributed by atoms with van der Waals surface area (Å²) in [4.78, 5) is 0. The molecule has 0 saturated heterocycles. The molecule has 0 aliphatic rings. The standard InChI is InChI=1S/C6H14O6.N2/c7-1-3(9)5(11)6(12)4(10)2-8;1-2/h3-12H,1-2H2;/t3-,4-,5-,6-;/m1./s1. The fraction of sp³-hybridized carbons (Fsp3) is 1.00. The molecule has 0 aromatic rings. The van der Waals surface area contributed by atoms with E-state index in [-0.39, 0.29) is 0 Å². The summed E-state index contributed by atoms with van der Waals surface area (Å²) >= 11 is 0. The van der Waals surface area contributed by atoms with Gasteiger partial charge in [-0.15, -0.1) is 0 Å². The van der Waals surface area contributed by atoms with Gasteiger partial charge in [-0.3, -0.25) is 0 Å². The van der Waals surface area contributed by atoms with Gasteiger partial charge < -0.3 is 30.6 Å². The van der Waals surface area contributed by atoms with Gasteiger partial charge in [-0.1, -0.05) is 0 Å².